The molecule has 5 heteroatoms. The van der Waals surface area contributed by atoms with Gasteiger partial charge in [-0.1, -0.05) is 0 Å². The maximum atomic E-state index is 11.4. The molecule has 1 aromatic rings. The fourth-order valence-electron chi connectivity index (χ4n) is 1.38. The molecule has 0 spiro atoms. The second kappa shape index (κ2) is 6.45. The Hall–Kier alpha value is -1.29. The van der Waals surface area contributed by atoms with Crippen LogP contribution < -0.4 is 4.74 Å². The largest absolute Gasteiger partial charge is 0.496 e. The van der Waals surface area contributed by atoms with Crippen molar-refractivity contribution in [2.24, 2.45) is 0 Å². The van der Waals surface area contributed by atoms with Gasteiger partial charge in [-0.3, -0.25) is 4.79 Å². The van der Waals surface area contributed by atoms with Crippen LogP contribution in [0.2, 0.25) is 0 Å². The third kappa shape index (κ3) is 3.60. The number of ether oxygens (including phenoxy) is 2. The van der Waals surface area contributed by atoms with Gasteiger partial charge in [0.1, 0.15) is 11.8 Å². The molecule has 1 rings (SSSR count). The molecule has 0 aromatic heterocycles. The molecule has 0 radical (unpaired) electrons. The van der Waals surface area contributed by atoms with Gasteiger partial charge in [0.15, 0.2) is 0 Å². The van der Waals surface area contributed by atoms with Crippen molar-refractivity contribution in [3.05, 3.63) is 26.8 Å². The molecule has 0 saturated carbocycles. The fraction of sp³-hybridized carbons (Fsp3) is 0.333. The van der Waals surface area contributed by atoms with Crippen molar-refractivity contribution in [1.29, 1.82) is 5.26 Å². The van der Waals surface area contributed by atoms with Gasteiger partial charge in [-0.05, 0) is 41.6 Å². The van der Waals surface area contributed by atoms with Gasteiger partial charge in [0, 0.05) is 9.13 Å². The number of halogens is 1. The first kappa shape index (κ1) is 13.8. The van der Waals surface area contributed by atoms with E-state index in [0.717, 1.165) is 3.57 Å². The number of esters is 1. The molecule has 0 bridgehead atoms. The maximum absolute atomic E-state index is 11.4. The van der Waals surface area contributed by atoms with Gasteiger partial charge < -0.3 is 9.47 Å². The molecule has 0 fully saturated rings. The summed E-state index contributed by atoms with van der Waals surface area (Å²) in [7, 11) is 1.53. The topological polar surface area (TPSA) is 59.3 Å². The summed E-state index contributed by atoms with van der Waals surface area (Å²) < 4.78 is 10.9. The first-order valence-corrected chi connectivity index (χ1v) is 6.12. The Morgan fingerprint density at radius 3 is 2.76 bits per heavy atom. The van der Waals surface area contributed by atoms with Gasteiger partial charge in [0.05, 0.1) is 25.7 Å². The first-order chi connectivity index (χ1) is 8.12. The summed E-state index contributed by atoms with van der Waals surface area (Å²) >= 11 is 2.06. The molecule has 0 amide bonds. The van der Waals surface area contributed by atoms with Gasteiger partial charge in [-0.15, -0.1) is 0 Å². The van der Waals surface area contributed by atoms with Crippen molar-refractivity contribution >= 4 is 28.6 Å². The number of nitrogens with zero attached hydrogens (tertiary/aromatic N) is 1. The highest BCUT2D eigenvalue weighted by molar-refractivity contribution is 14.1. The monoisotopic (exact) mass is 345 g/mol. The van der Waals surface area contributed by atoms with Crippen LogP contribution in [0, 0.1) is 14.9 Å². The number of methoxy groups -OCH3 is 1. The summed E-state index contributed by atoms with van der Waals surface area (Å²) in [6, 6.07) is 5.48. The van der Waals surface area contributed by atoms with E-state index in [1.54, 1.807) is 19.1 Å². The lowest BCUT2D eigenvalue weighted by Crippen LogP contribution is -2.09. The van der Waals surface area contributed by atoms with Gasteiger partial charge in [-0.2, -0.15) is 5.26 Å². The molecule has 0 N–H and O–H groups in total. The lowest BCUT2D eigenvalue weighted by Gasteiger charge is -2.09. The Morgan fingerprint density at radius 1 is 1.53 bits per heavy atom. The summed E-state index contributed by atoms with van der Waals surface area (Å²) in [5.41, 5.74) is 1.20. The summed E-state index contributed by atoms with van der Waals surface area (Å²) in [5.74, 6) is 0.275. The number of hydrogen-bond acceptors (Lipinski definition) is 4. The molecule has 1 aromatic carbocycles. The Balaban J connectivity index is 3.05. The van der Waals surface area contributed by atoms with Crippen molar-refractivity contribution in [1.82, 2.24) is 0 Å². The molecule has 90 valence electrons. The third-order valence-corrected chi connectivity index (χ3v) is 3.02. The molecule has 0 aliphatic heterocycles. The smallest absolute Gasteiger partial charge is 0.310 e. The molecule has 0 aliphatic carbocycles. The lowest BCUT2D eigenvalue weighted by atomic mass is 10.1. The highest BCUT2D eigenvalue weighted by Gasteiger charge is 2.12. The molecular formula is C12H12INO3. The van der Waals surface area contributed by atoms with Crippen LogP contribution in [0.1, 0.15) is 18.1 Å². The predicted molar refractivity (Wildman–Crippen MR) is 70.8 cm³/mol. The standard InChI is InChI=1S/C12H12INO3/c1-3-17-12(15)5-8-4-9(7-14)10(13)6-11(8)16-2/h4,6H,3,5H2,1-2H3. The molecule has 0 aliphatic rings. The number of carbonyl (C=O) groups is 1. The quantitative estimate of drug-likeness (QED) is 0.621. The Bertz CT molecular complexity index is 466. The van der Waals surface area contributed by atoms with Crippen molar-refractivity contribution < 1.29 is 14.3 Å². The fourth-order valence-corrected chi connectivity index (χ4v) is 1.94. The zero-order chi connectivity index (χ0) is 12.8. The number of rotatable bonds is 4. The van der Waals surface area contributed by atoms with E-state index in [4.69, 9.17) is 14.7 Å². The molecule has 0 unspecified atom stereocenters. The van der Waals surface area contributed by atoms with E-state index in [2.05, 4.69) is 28.7 Å². The average Bonchev–Trinajstić information content (AvgIpc) is 2.31. The first-order valence-electron chi connectivity index (χ1n) is 5.04. The average molecular weight is 345 g/mol. The molecule has 0 saturated heterocycles. The second-order valence-corrected chi connectivity index (χ2v) is 4.40. The third-order valence-electron chi connectivity index (χ3n) is 2.13. The van der Waals surface area contributed by atoms with Gasteiger partial charge in [0.25, 0.3) is 0 Å². The van der Waals surface area contributed by atoms with Crippen LogP contribution in [0.15, 0.2) is 12.1 Å². The van der Waals surface area contributed by atoms with Gasteiger partial charge >= 0.3 is 5.97 Å². The van der Waals surface area contributed by atoms with Crippen LogP contribution in [-0.2, 0) is 16.0 Å². The van der Waals surface area contributed by atoms with E-state index >= 15 is 0 Å². The number of hydrogen-bond donors (Lipinski definition) is 0. The summed E-state index contributed by atoms with van der Waals surface area (Å²) in [6.07, 6.45) is 0.114. The maximum Gasteiger partial charge on any atom is 0.310 e. The summed E-state index contributed by atoms with van der Waals surface area (Å²) in [4.78, 5) is 11.4. The molecular weight excluding hydrogens is 333 g/mol. The minimum absolute atomic E-state index is 0.114. The number of benzene rings is 1. The van der Waals surface area contributed by atoms with E-state index in [1.807, 2.05) is 0 Å². The van der Waals surface area contributed by atoms with Crippen molar-refractivity contribution in [3.63, 3.8) is 0 Å². The highest BCUT2D eigenvalue weighted by Crippen LogP contribution is 2.25. The normalized spacial score (nSPS) is 9.53. The minimum Gasteiger partial charge on any atom is -0.496 e. The van der Waals surface area contributed by atoms with Crippen LogP contribution in [-0.4, -0.2) is 19.7 Å². The van der Waals surface area contributed by atoms with Gasteiger partial charge in [-0.25, -0.2) is 0 Å². The number of nitriles is 1. The van der Waals surface area contributed by atoms with Crippen LogP contribution in [0.25, 0.3) is 0 Å². The van der Waals surface area contributed by atoms with E-state index in [0.29, 0.717) is 23.5 Å². The van der Waals surface area contributed by atoms with Gasteiger partial charge in [0.2, 0.25) is 0 Å². The van der Waals surface area contributed by atoms with Crippen LogP contribution >= 0.6 is 22.6 Å². The van der Waals surface area contributed by atoms with E-state index in [1.165, 1.54) is 7.11 Å². The SMILES string of the molecule is CCOC(=O)Cc1cc(C#N)c(I)cc1OC. The Kier molecular flexibility index (Phi) is 5.22. The molecule has 0 heterocycles. The van der Waals surface area contributed by atoms with E-state index < -0.39 is 0 Å². The molecule has 17 heavy (non-hydrogen) atoms. The highest BCUT2D eigenvalue weighted by atomic mass is 127. The summed E-state index contributed by atoms with van der Waals surface area (Å²) in [6.45, 7) is 2.10. The molecule has 0 atom stereocenters. The van der Waals surface area contributed by atoms with Crippen molar-refractivity contribution in [2.75, 3.05) is 13.7 Å². The van der Waals surface area contributed by atoms with Crippen molar-refractivity contribution in [2.45, 2.75) is 13.3 Å². The van der Waals surface area contributed by atoms with E-state index in [-0.39, 0.29) is 12.4 Å². The van der Waals surface area contributed by atoms with E-state index in [9.17, 15) is 4.79 Å². The van der Waals surface area contributed by atoms with Crippen LogP contribution in [0.4, 0.5) is 0 Å². The Morgan fingerprint density at radius 2 is 2.24 bits per heavy atom. The Labute approximate surface area is 114 Å². The predicted octanol–water partition coefficient (Wildman–Crippen LogP) is 2.28. The van der Waals surface area contributed by atoms with Crippen LogP contribution in [0.3, 0.4) is 0 Å². The lowest BCUT2D eigenvalue weighted by molar-refractivity contribution is -0.142. The zero-order valence-corrected chi connectivity index (χ0v) is 11.8. The number of carbonyl (C=O) groups excluding carboxylic acids is 1. The van der Waals surface area contributed by atoms with Crippen LogP contribution in [0.5, 0.6) is 5.75 Å². The van der Waals surface area contributed by atoms with Crippen molar-refractivity contribution in [3.8, 4) is 11.8 Å². The molecule has 4 nitrogen and oxygen atoms in total. The second-order valence-electron chi connectivity index (χ2n) is 3.24. The minimum atomic E-state index is -0.323. The summed E-state index contributed by atoms with van der Waals surface area (Å²) in [5, 5.41) is 8.93. The zero-order valence-electron chi connectivity index (χ0n) is 9.62.